The third-order valence-electron chi connectivity index (χ3n) is 4.89. The zero-order valence-electron chi connectivity index (χ0n) is 15.8. The molecule has 148 valence electrons. The van der Waals surface area contributed by atoms with E-state index in [2.05, 4.69) is 16.3 Å². The standard InChI is InChI=1S/C22H24Cl2N2O2/c1-28-21-5-3-2-4-17(21)15-26-12-10-19(11-13-26)25-22(27)9-6-16-14-18(23)7-8-20(16)24/h2-9,14,19H,10-13,15H2,1H3,(H,25,27). The van der Waals surface area contributed by atoms with Crippen molar-refractivity contribution in [3.05, 3.63) is 69.7 Å². The molecule has 1 saturated heterocycles. The second kappa shape index (κ2) is 9.97. The van der Waals surface area contributed by atoms with Gasteiger partial charge in [0.15, 0.2) is 0 Å². The van der Waals surface area contributed by atoms with E-state index in [-0.39, 0.29) is 11.9 Å². The molecule has 2 aromatic carbocycles. The summed E-state index contributed by atoms with van der Waals surface area (Å²) in [7, 11) is 1.70. The average Bonchev–Trinajstić information content (AvgIpc) is 2.70. The Morgan fingerprint density at radius 3 is 2.71 bits per heavy atom. The highest BCUT2D eigenvalue weighted by Crippen LogP contribution is 2.23. The molecule has 1 N–H and O–H groups in total. The molecule has 0 radical (unpaired) electrons. The van der Waals surface area contributed by atoms with Crippen molar-refractivity contribution in [2.45, 2.75) is 25.4 Å². The summed E-state index contributed by atoms with van der Waals surface area (Å²) >= 11 is 12.1. The van der Waals surface area contributed by atoms with Gasteiger partial charge >= 0.3 is 0 Å². The van der Waals surface area contributed by atoms with Crippen LogP contribution in [0.1, 0.15) is 24.0 Å². The number of amides is 1. The molecule has 0 spiro atoms. The van der Waals surface area contributed by atoms with Crippen LogP contribution in [-0.2, 0) is 11.3 Å². The Morgan fingerprint density at radius 1 is 1.21 bits per heavy atom. The maximum Gasteiger partial charge on any atom is 0.244 e. The summed E-state index contributed by atoms with van der Waals surface area (Å²) < 4.78 is 5.43. The zero-order chi connectivity index (χ0) is 19.9. The highest BCUT2D eigenvalue weighted by atomic mass is 35.5. The molecule has 1 aliphatic heterocycles. The van der Waals surface area contributed by atoms with Crippen LogP contribution in [-0.4, -0.2) is 37.0 Å². The minimum absolute atomic E-state index is 0.112. The molecule has 3 rings (SSSR count). The van der Waals surface area contributed by atoms with Crippen LogP contribution in [0.2, 0.25) is 10.0 Å². The molecule has 0 aliphatic carbocycles. The first-order chi connectivity index (χ1) is 13.5. The lowest BCUT2D eigenvalue weighted by atomic mass is 10.0. The Kier molecular flexibility index (Phi) is 7.37. The van der Waals surface area contributed by atoms with Gasteiger partial charge < -0.3 is 10.1 Å². The van der Waals surface area contributed by atoms with Crippen molar-refractivity contribution >= 4 is 35.2 Å². The van der Waals surface area contributed by atoms with Gasteiger partial charge in [-0.3, -0.25) is 9.69 Å². The van der Waals surface area contributed by atoms with E-state index in [0.717, 1.165) is 43.8 Å². The molecule has 0 saturated carbocycles. The van der Waals surface area contributed by atoms with Gasteiger partial charge in [0.1, 0.15) is 5.75 Å². The van der Waals surface area contributed by atoms with Crippen molar-refractivity contribution in [1.82, 2.24) is 10.2 Å². The van der Waals surface area contributed by atoms with E-state index in [1.165, 1.54) is 11.6 Å². The van der Waals surface area contributed by atoms with E-state index < -0.39 is 0 Å². The molecule has 28 heavy (non-hydrogen) atoms. The Hall–Kier alpha value is -2.01. The average molecular weight is 419 g/mol. The minimum Gasteiger partial charge on any atom is -0.496 e. The Labute approximate surface area is 176 Å². The second-order valence-corrected chi connectivity index (χ2v) is 7.71. The number of benzene rings is 2. The molecular weight excluding hydrogens is 395 g/mol. The van der Waals surface area contributed by atoms with Crippen LogP contribution in [0.3, 0.4) is 0 Å². The van der Waals surface area contributed by atoms with Crippen molar-refractivity contribution in [3.8, 4) is 5.75 Å². The van der Waals surface area contributed by atoms with E-state index >= 15 is 0 Å². The molecule has 4 nitrogen and oxygen atoms in total. The smallest absolute Gasteiger partial charge is 0.244 e. The number of likely N-dealkylation sites (tertiary alicyclic amines) is 1. The third kappa shape index (κ3) is 5.74. The summed E-state index contributed by atoms with van der Waals surface area (Å²) in [6.07, 6.45) is 5.05. The molecule has 0 bridgehead atoms. The predicted octanol–water partition coefficient (Wildman–Crippen LogP) is 4.80. The number of ether oxygens (including phenoxy) is 1. The second-order valence-electron chi connectivity index (χ2n) is 6.87. The van der Waals surface area contributed by atoms with Crippen molar-refractivity contribution in [2.75, 3.05) is 20.2 Å². The first-order valence-corrected chi connectivity index (χ1v) is 10.1. The van der Waals surface area contributed by atoms with Crippen LogP contribution in [0, 0.1) is 0 Å². The highest BCUT2D eigenvalue weighted by molar-refractivity contribution is 6.34. The summed E-state index contributed by atoms with van der Waals surface area (Å²) in [6, 6.07) is 13.5. The monoisotopic (exact) mass is 418 g/mol. The van der Waals surface area contributed by atoms with Crippen LogP contribution in [0.5, 0.6) is 5.75 Å². The number of carbonyl (C=O) groups is 1. The minimum atomic E-state index is -0.112. The summed E-state index contributed by atoms with van der Waals surface area (Å²) in [6.45, 7) is 2.73. The van der Waals surface area contributed by atoms with Gasteiger partial charge in [0.2, 0.25) is 5.91 Å². The Balaban J connectivity index is 1.48. The van der Waals surface area contributed by atoms with Crippen LogP contribution >= 0.6 is 23.2 Å². The van der Waals surface area contributed by atoms with E-state index in [1.54, 1.807) is 31.4 Å². The first kappa shape index (κ1) is 20.7. The highest BCUT2D eigenvalue weighted by Gasteiger charge is 2.20. The number of piperidine rings is 1. The molecule has 6 heteroatoms. The van der Waals surface area contributed by atoms with E-state index in [9.17, 15) is 4.79 Å². The Morgan fingerprint density at radius 2 is 1.96 bits per heavy atom. The van der Waals surface area contributed by atoms with Gasteiger partial charge in [-0.25, -0.2) is 0 Å². The van der Waals surface area contributed by atoms with Crippen molar-refractivity contribution in [3.63, 3.8) is 0 Å². The number of carbonyl (C=O) groups excluding carboxylic acids is 1. The molecule has 0 aromatic heterocycles. The Bertz CT molecular complexity index is 846. The van der Waals surface area contributed by atoms with Crippen LogP contribution in [0.4, 0.5) is 0 Å². The quantitative estimate of drug-likeness (QED) is 0.685. The lowest BCUT2D eigenvalue weighted by Gasteiger charge is -2.32. The fourth-order valence-electron chi connectivity index (χ4n) is 3.37. The number of para-hydroxylation sites is 1. The van der Waals surface area contributed by atoms with Crippen molar-refractivity contribution in [2.24, 2.45) is 0 Å². The first-order valence-electron chi connectivity index (χ1n) is 9.33. The van der Waals surface area contributed by atoms with Crippen LogP contribution in [0.15, 0.2) is 48.5 Å². The van der Waals surface area contributed by atoms with Crippen molar-refractivity contribution in [1.29, 1.82) is 0 Å². The van der Waals surface area contributed by atoms with Gasteiger partial charge in [0.05, 0.1) is 7.11 Å². The zero-order valence-corrected chi connectivity index (χ0v) is 17.3. The van der Waals surface area contributed by atoms with Crippen LogP contribution < -0.4 is 10.1 Å². The summed E-state index contributed by atoms with van der Waals surface area (Å²) in [5.41, 5.74) is 1.92. The summed E-state index contributed by atoms with van der Waals surface area (Å²) in [4.78, 5) is 14.6. The van der Waals surface area contributed by atoms with Gasteiger partial charge in [-0.05, 0) is 48.7 Å². The summed E-state index contributed by atoms with van der Waals surface area (Å²) in [5, 5.41) is 4.23. The lowest BCUT2D eigenvalue weighted by Crippen LogP contribution is -2.43. The molecule has 0 atom stereocenters. The number of hydrogen-bond donors (Lipinski definition) is 1. The van der Waals surface area contributed by atoms with Gasteiger partial charge in [0, 0.05) is 47.4 Å². The largest absolute Gasteiger partial charge is 0.496 e. The number of hydrogen-bond acceptors (Lipinski definition) is 3. The fourth-order valence-corrected chi connectivity index (χ4v) is 3.73. The predicted molar refractivity (Wildman–Crippen MR) is 115 cm³/mol. The van der Waals surface area contributed by atoms with Gasteiger partial charge in [-0.1, -0.05) is 41.4 Å². The number of nitrogens with zero attached hydrogens (tertiary/aromatic N) is 1. The van der Waals surface area contributed by atoms with E-state index in [0.29, 0.717) is 10.0 Å². The number of rotatable bonds is 6. The lowest BCUT2D eigenvalue weighted by molar-refractivity contribution is -0.117. The molecule has 1 fully saturated rings. The molecule has 2 aromatic rings. The molecule has 1 heterocycles. The number of halogens is 2. The van der Waals surface area contributed by atoms with E-state index in [1.807, 2.05) is 18.2 Å². The van der Waals surface area contributed by atoms with Crippen LogP contribution in [0.25, 0.3) is 6.08 Å². The fraction of sp³-hybridized carbons (Fsp3) is 0.318. The normalized spacial score (nSPS) is 15.7. The number of nitrogens with one attached hydrogen (secondary N) is 1. The maximum atomic E-state index is 12.2. The van der Waals surface area contributed by atoms with Gasteiger partial charge in [0.25, 0.3) is 0 Å². The summed E-state index contributed by atoms with van der Waals surface area (Å²) in [5.74, 6) is 0.807. The molecule has 0 unspecified atom stereocenters. The van der Waals surface area contributed by atoms with E-state index in [4.69, 9.17) is 27.9 Å². The van der Waals surface area contributed by atoms with Crippen molar-refractivity contribution < 1.29 is 9.53 Å². The topological polar surface area (TPSA) is 41.6 Å². The maximum absolute atomic E-state index is 12.2. The molecule has 1 amide bonds. The SMILES string of the molecule is COc1ccccc1CN1CCC(NC(=O)C=Cc2cc(Cl)ccc2Cl)CC1. The van der Waals surface area contributed by atoms with Gasteiger partial charge in [-0.15, -0.1) is 0 Å². The third-order valence-corrected chi connectivity index (χ3v) is 5.47. The molecular formula is C22H24Cl2N2O2. The number of methoxy groups -OCH3 is 1. The molecule has 1 aliphatic rings. The van der Waals surface area contributed by atoms with Gasteiger partial charge in [-0.2, -0.15) is 0 Å².